The number of ether oxygens (including phenoxy) is 1. The van der Waals surface area contributed by atoms with Crippen LogP contribution in [0.1, 0.15) is 40.5 Å². The Hall–Kier alpha value is -2.56. The van der Waals surface area contributed by atoms with Crippen molar-refractivity contribution >= 4 is 5.91 Å². The Bertz CT molecular complexity index is 826. The zero-order chi connectivity index (χ0) is 17.8. The van der Waals surface area contributed by atoms with Gasteiger partial charge in [-0.2, -0.15) is 0 Å². The van der Waals surface area contributed by atoms with Crippen molar-refractivity contribution in [1.29, 1.82) is 0 Å². The first kappa shape index (κ1) is 17.3. The second kappa shape index (κ2) is 7.55. The number of aromatic amines is 1. The van der Waals surface area contributed by atoms with Crippen molar-refractivity contribution in [2.24, 2.45) is 5.92 Å². The lowest BCUT2D eigenvalue weighted by Gasteiger charge is -2.21. The molecule has 1 amide bonds. The fourth-order valence-corrected chi connectivity index (χ4v) is 3.37. The number of rotatable bonds is 5. The molecule has 5 nitrogen and oxygen atoms in total. The highest BCUT2D eigenvalue weighted by atomic mass is 16.5. The summed E-state index contributed by atoms with van der Waals surface area (Å²) in [6.07, 6.45) is 3.51. The molecule has 25 heavy (non-hydrogen) atoms. The van der Waals surface area contributed by atoms with Gasteiger partial charge in [0.05, 0.1) is 7.11 Å². The SMILES string of the molecule is COc1ccccc1CCNC(=O)c1cc2c([nH]c1=O)CCC(C)C2. The van der Waals surface area contributed by atoms with Crippen LogP contribution in [0.3, 0.4) is 0 Å². The summed E-state index contributed by atoms with van der Waals surface area (Å²) in [4.78, 5) is 27.5. The van der Waals surface area contributed by atoms with Gasteiger partial charge in [0.1, 0.15) is 11.3 Å². The third kappa shape index (κ3) is 3.92. The number of aromatic nitrogens is 1. The number of benzene rings is 1. The molecule has 0 aliphatic heterocycles. The maximum atomic E-state index is 12.4. The fraction of sp³-hybridized carbons (Fsp3) is 0.400. The molecule has 132 valence electrons. The molecular weight excluding hydrogens is 316 g/mol. The number of amides is 1. The molecule has 0 saturated carbocycles. The van der Waals surface area contributed by atoms with Gasteiger partial charge in [-0.3, -0.25) is 9.59 Å². The van der Waals surface area contributed by atoms with E-state index in [0.717, 1.165) is 41.8 Å². The minimum atomic E-state index is -0.322. The number of aryl methyl sites for hydroxylation is 1. The molecule has 1 aliphatic carbocycles. The van der Waals surface area contributed by atoms with E-state index < -0.39 is 0 Å². The number of carbonyl (C=O) groups is 1. The monoisotopic (exact) mass is 340 g/mol. The molecule has 1 unspecified atom stereocenters. The Labute approximate surface area is 147 Å². The van der Waals surface area contributed by atoms with E-state index in [1.165, 1.54) is 0 Å². The van der Waals surface area contributed by atoms with E-state index in [1.54, 1.807) is 13.2 Å². The summed E-state index contributed by atoms with van der Waals surface area (Å²) in [6.45, 7) is 2.65. The van der Waals surface area contributed by atoms with Gasteiger partial charge in [0.15, 0.2) is 0 Å². The highest BCUT2D eigenvalue weighted by Crippen LogP contribution is 2.23. The maximum Gasteiger partial charge on any atom is 0.261 e. The van der Waals surface area contributed by atoms with E-state index in [4.69, 9.17) is 4.74 Å². The van der Waals surface area contributed by atoms with Gasteiger partial charge in [0.25, 0.3) is 11.5 Å². The standard InChI is InChI=1S/C20H24N2O3/c1-13-7-8-17-15(11-13)12-16(20(24)22-17)19(23)21-10-9-14-5-3-4-6-18(14)25-2/h3-6,12-13H,7-11H2,1-2H3,(H,21,23)(H,22,24). The van der Waals surface area contributed by atoms with Crippen LogP contribution in [0.15, 0.2) is 35.1 Å². The van der Waals surface area contributed by atoms with E-state index in [0.29, 0.717) is 18.9 Å². The molecule has 0 spiro atoms. The highest BCUT2D eigenvalue weighted by Gasteiger charge is 2.20. The van der Waals surface area contributed by atoms with Crippen molar-refractivity contribution in [2.45, 2.75) is 32.6 Å². The van der Waals surface area contributed by atoms with Crippen molar-refractivity contribution in [3.8, 4) is 5.75 Å². The number of methoxy groups -OCH3 is 1. The van der Waals surface area contributed by atoms with Crippen molar-refractivity contribution in [1.82, 2.24) is 10.3 Å². The highest BCUT2D eigenvalue weighted by molar-refractivity contribution is 5.94. The predicted molar refractivity (Wildman–Crippen MR) is 97.3 cm³/mol. The normalized spacial score (nSPS) is 16.2. The molecule has 1 atom stereocenters. The topological polar surface area (TPSA) is 71.2 Å². The summed E-state index contributed by atoms with van der Waals surface area (Å²) >= 11 is 0. The molecule has 2 N–H and O–H groups in total. The van der Waals surface area contributed by atoms with Gasteiger partial charge < -0.3 is 15.0 Å². The van der Waals surface area contributed by atoms with Gasteiger partial charge in [-0.25, -0.2) is 0 Å². The molecule has 1 aromatic heterocycles. The maximum absolute atomic E-state index is 12.4. The van der Waals surface area contributed by atoms with Crippen molar-refractivity contribution in [3.63, 3.8) is 0 Å². The van der Waals surface area contributed by atoms with E-state index in [-0.39, 0.29) is 17.0 Å². The Kier molecular flexibility index (Phi) is 5.22. The zero-order valence-corrected chi connectivity index (χ0v) is 14.7. The first-order valence-corrected chi connectivity index (χ1v) is 8.73. The second-order valence-electron chi connectivity index (χ2n) is 6.68. The van der Waals surface area contributed by atoms with Crippen LogP contribution in [0.4, 0.5) is 0 Å². The van der Waals surface area contributed by atoms with Crippen LogP contribution in [0.5, 0.6) is 5.75 Å². The fourth-order valence-electron chi connectivity index (χ4n) is 3.37. The predicted octanol–water partition coefficient (Wildman–Crippen LogP) is 2.48. The molecule has 2 aromatic rings. The summed E-state index contributed by atoms with van der Waals surface area (Å²) < 4.78 is 5.31. The second-order valence-corrected chi connectivity index (χ2v) is 6.68. The Balaban J connectivity index is 1.67. The lowest BCUT2D eigenvalue weighted by molar-refractivity contribution is 0.0952. The van der Waals surface area contributed by atoms with Crippen LogP contribution < -0.4 is 15.6 Å². The Morgan fingerprint density at radius 3 is 2.96 bits per heavy atom. The summed E-state index contributed by atoms with van der Waals surface area (Å²) in [7, 11) is 1.63. The molecule has 1 heterocycles. The molecule has 0 fully saturated rings. The quantitative estimate of drug-likeness (QED) is 0.878. The van der Waals surface area contributed by atoms with Crippen molar-refractivity contribution in [2.75, 3.05) is 13.7 Å². The van der Waals surface area contributed by atoms with Gasteiger partial charge in [0.2, 0.25) is 0 Å². The van der Waals surface area contributed by atoms with Crippen molar-refractivity contribution < 1.29 is 9.53 Å². The van der Waals surface area contributed by atoms with Gasteiger partial charge in [-0.05, 0) is 54.9 Å². The minimum Gasteiger partial charge on any atom is -0.496 e. The lowest BCUT2D eigenvalue weighted by Crippen LogP contribution is -2.32. The summed E-state index contributed by atoms with van der Waals surface area (Å²) in [5.74, 6) is 1.06. The van der Waals surface area contributed by atoms with Crippen LogP contribution in [0.2, 0.25) is 0 Å². The molecule has 5 heteroatoms. The minimum absolute atomic E-state index is 0.202. The van der Waals surface area contributed by atoms with Crippen LogP contribution in [-0.4, -0.2) is 24.5 Å². The van der Waals surface area contributed by atoms with Gasteiger partial charge in [-0.15, -0.1) is 0 Å². The van der Waals surface area contributed by atoms with Gasteiger partial charge in [-0.1, -0.05) is 25.1 Å². The number of para-hydroxylation sites is 1. The summed E-state index contributed by atoms with van der Waals surface area (Å²) in [5.41, 5.74) is 3.00. The molecule has 0 saturated heterocycles. The number of carbonyl (C=O) groups excluding carboxylic acids is 1. The number of H-pyrrole nitrogens is 1. The van der Waals surface area contributed by atoms with E-state index >= 15 is 0 Å². The molecule has 1 aromatic carbocycles. The molecule has 3 rings (SSSR count). The van der Waals surface area contributed by atoms with E-state index in [1.807, 2.05) is 24.3 Å². The first-order chi connectivity index (χ1) is 12.1. The number of pyridine rings is 1. The van der Waals surface area contributed by atoms with Crippen LogP contribution in [0, 0.1) is 5.92 Å². The van der Waals surface area contributed by atoms with E-state index in [2.05, 4.69) is 17.2 Å². The largest absolute Gasteiger partial charge is 0.496 e. The molecule has 1 aliphatic rings. The molecular formula is C20H24N2O3. The third-order valence-corrected chi connectivity index (χ3v) is 4.79. The van der Waals surface area contributed by atoms with Crippen LogP contribution in [-0.2, 0) is 19.3 Å². The zero-order valence-electron chi connectivity index (χ0n) is 14.7. The Morgan fingerprint density at radius 1 is 1.36 bits per heavy atom. The van der Waals surface area contributed by atoms with Crippen LogP contribution in [0.25, 0.3) is 0 Å². The molecule has 0 radical (unpaired) electrons. The number of nitrogens with one attached hydrogen (secondary N) is 2. The number of fused-ring (bicyclic) bond motifs is 1. The van der Waals surface area contributed by atoms with Crippen molar-refractivity contribution in [3.05, 3.63) is 63.1 Å². The molecule has 0 bridgehead atoms. The first-order valence-electron chi connectivity index (χ1n) is 8.73. The average Bonchev–Trinajstić information content (AvgIpc) is 2.61. The summed E-state index contributed by atoms with van der Waals surface area (Å²) in [5, 5.41) is 2.84. The van der Waals surface area contributed by atoms with Gasteiger partial charge in [0, 0.05) is 12.2 Å². The lowest BCUT2D eigenvalue weighted by atomic mass is 9.87. The Morgan fingerprint density at radius 2 is 2.16 bits per heavy atom. The smallest absolute Gasteiger partial charge is 0.261 e. The van der Waals surface area contributed by atoms with E-state index in [9.17, 15) is 9.59 Å². The summed E-state index contributed by atoms with van der Waals surface area (Å²) in [6, 6.07) is 9.48. The van der Waals surface area contributed by atoms with Crippen LogP contribution >= 0.6 is 0 Å². The average molecular weight is 340 g/mol. The van der Waals surface area contributed by atoms with Gasteiger partial charge >= 0.3 is 0 Å². The number of hydrogen-bond acceptors (Lipinski definition) is 3. The number of hydrogen-bond donors (Lipinski definition) is 2. The third-order valence-electron chi connectivity index (χ3n) is 4.79.